The number of carbonyl (C=O) groups is 2. The number of pyridine rings is 2. The van der Waals surface area contributed by atoms with Crippen LogP contribution in [0.5, 0.6) is 0 Å². The van der Waals surface area contributed by atoms with Gasteiger partial charge < -0.3 is 16.0 Å². The van der Waals surface area contributed by atoms with Gasteiger partial charge in [0.05, 0.1) is 17.3 Å². The molecule has 7 heteroatoms. The van der Waals surface area contributed by atoms with E-state index in [0.717, 1.165) is 33.2 Å². The molecule has 164 valence electrons. The van der Waals surface area contributed by atoms with E-state index in [1.54, 1.807) is 36.8 Å². The number of benzene rings is 2. The maximum absolute atomic E-state index is 13.4. The molecule has 0 saturated carbocycles. The van der Waals surface area contributed by atoms with Gasteiger partial charge in [-0.15, -0.1) is 0 Å². The second kappa shape index (κ2) is 7.67. The molecule has 3 heterocycles. The molecule has 4 N–H and O–H groups in total. The molecule has 0 radical (unpaired) electrons. The fourth-order valence-electron chi connectivity index (χ4n) is 4.72. The maximum atomic E-state index is 13.4. The van der Waals surface area contributed by atoms with Crippen LogP contribution in [0.15, 0.2) is 85.3 Å². The molecular formula is C27H19N5O2. The highest BCUT2D eigenvalue weighted by Crippen LogP contribution is 2.47. The zero-order chi connectivity index (χ0) is 23.2. The number of H-pyrrole nitrogens is 1. The number of hydrogen-bond donors (Lipinski definition) is 3. The topological polar surface area (TPSA) is 114 Å². The predicted molar refractivity (Wildman–Crippen MR) is 129 cm³/mol. The number of fused-ring (bicyclic) bond motifs is 4. The Morgan fingerprint density at radius 3 is 2.56 bits per heavy atom. The van der Waals surface area contributed by atoms with Crippen LogP contribution in [-0.2, 0) is 0 Å². The van der Waals surface area contributed by atoms with Crippen LogP contribution in [0.4, 0.5) is 0 Å². The normalized spacial score (nSPS) is 13.9. The van der Waals surface area contributed by atoms with Crippen molar-refractivity contribution in [1.82, 2.24) is 20.3 Å². The van der Waals surface area contributed by atoms with Gasteiger partial charge >= 0.3 is 0 Å². The molecule has 1 unspecified atom stereocenters. The number of nitrogens with one attached hydrogen (secondary N) is 2. The Morgan fingerprint density at radius 2 is 1.68 bits per heavy atom. The standard InChI is InChI=1S/C27H19N5O2/c28-25(33)15-8-11-29-22(14-15)20-6-3-7-21-23(20)16-4-1-2-5-17(16)24(21)32-27(34)19-10-13-31-26-18(19)9-12-30-26/h1-14,24H,(H2,28,33)(H,30,31)(H,32,34). The van der Waals surface area contributed by atoms with Gasteiger partial charge in [-0.2, -0.15) is 0 Å². The first kappa shape index (κ1) is 19.9. The van der Waals surface area contributed by atoms with Gasteiger partial charge in [0, 0.05) is 35.1 Å². The number of nitrogens with two attached hydrogens (primary N) is 1. The SMILES string of the molecule is NC(=O)c1ccnc(-c2cccc3c2-c2ccccc2C3NC(=O)c2ccnc3[nH]ccc23)c1. The van der Waals surface area contributed by atoms with Crippen LogP contribution in [0.1, 0.15) is 37.9 Å². The minimum absolute atomic E-state index is 0.182. The van der Waals surface area contributed by atoms with Crippen molar-refractivity contribution < 1.29 is 9.59 Å². The zero-order valence-corrected chi connectivity index (χ0v) is 17.9. The number of amides is 2. The van der Waals surface area contributed by atoms with Gasteiger partial charge in [-0.05, 0) is 46.5 Å². The maximum Gasteiger partial charge on any atom is 0.252 e. The average Bonchev–Trinajstić information content (AvgIpc) is 3.47. The fourth-order valence-corrected chi connectivity index (χ4v) is 4.72. The molecule has 0 spiro atoms. The lowest BCUT2D eigenvalue weighted by molar-refractivity contribution is 0.0944. The van der Waals surface area contributed by atoms with Crippen molar-refractivity contribution in [2.75, 3.05) is 0 Å². The molecule has 1 aliphatic carbocycles. The fraction of sp³-hybridized carbons (Fsp3) is 0.0370. The molecular weight excluding hydrogens is 426 g/mol. The van der Waals surface area contributed by atoms with Crippen molar-refractivity contribution in [2.24, 2.45) is 5.73 Å². The van der Waals surface area contributed by atoms with Gasteiger partial charge in [0.15, 0.2) is 0 Å². The molecule has 34 heavy (non-hydrogen) atoms. The van der Waals surface area contributed by atoms with Crippen molar-refractivity contribution in [3.63, 3.8) is 0 Å². The lowest BCUT2D eigenvalue weighted by Crippen LogP contribution is -2.28. The minimum Gasteiger partial charge on any atom is -0.366 e. The van der Waals surface area contributed by atoms with E-state index in [1.165, 1.54) is 0 Å². The molecule has 2 aromatic carbocycles. The van der Waals surface area contributed by atoms with Gasteiger partial charge in [0.2, 0.25) is 5.91 Å². The number of rotatable bonds is 4. The zero-order valence-electron chi connectivity index (χ0n) is 17.9. The van der Waals surface area contributed by atoms with Crippen molar-refractivity contribution in [1.29, 1.82) is 0 Å². The summed E-state index contributed by atoms with van der Waals surface area (Å²) in [5.41, 5.74) is 12.6. The van der Waals surface area contributed by atoms with E-state index in [0.29, 0.717) is 22.5 Å². The van der Waals surface area contributed by atoms with Crippen LogP contribution in [0.3, 0.4) is 0 Å². The number of hydrogen-bond acceptors (Lipinski definition) is 4. The highest BCUT2D eigenvalue weighted by Gasteiger charge is 2.32. The number of nitrogens with zero attached hydrogens (tertiary/aromatic N) is 2. The Hall–Kier alpha value is -4.78. The van der Waals surface area contributed by atoms with E-state index in [2.05, 4.69) is 20.3 Å². The average molecular weight is 445 g/mol. The van der Waals surface area contributed by atoms with Gasteiger partial charge in [-0.3, -0.25) is 14.6 Å². The Balaban J connectivity index is 1.47. The summed E-state index contributed by atoms with van der Waals surface area (Å²) >= 11 is 0. The molecule has 3 aromatic heterocycles. The van der Waals surface area contributed by atoms with Crippen molar-refractivity contribution in [3.05, 3.63) is 108 Å². The van der Waals surface area contributed by atoms with Crippen molar-refractivity contribution in [3.8, 4) is 22.4 Å². The number of primary amides is 1. The molecule has 7 nitrogen and oxygen atoms in total. The first-order valence-electron chi connectivity index (χ1n) is 10.8. The molecule has 1 aliphatic rings. The summed E-state index contributed by atoms with van der Waals surface area (Å²) in [6.45, 7) is 0. The highest BCUT2D eigenvalue weighted by molar-refractivity contribution is 6.06. The minimum atomic E-state index is -0.504. The summed E-state index contributed by atoms with van der Waals surface area (Å²) in [5.74, 6) is -0.686. The third kappa shape index (κ3) is 3.06. The number of carbonyl (C=O) groups excluding carboxylic acids is 2. The van der Waals surface area contributed by atoms with Crippen molar-refractivity contribution in [2.45, 2.75) is 6.04 Å². The smallest absolute Gasteiger partial charge is 0.252 e. The van der Waals surface area contributed by atoms with Crippen molar-refractivity contribution >= 4 is 22.8 Å². The van der Waals surface area contributed by atoms with E-state index in [9.17, 15) is 9.59 Å². The predicted octanol–water partition coefficient (Wildman–Crippen LogP) is 4.22. The Labute approximate surface area is 194 Å². The highest BCUT2D eigenvalue weighted by atomic mass is 16.2. The summed E-state index contributed by atoms with van der Waals surface area (Å²) in [4.78, 5) is 37.0. The summed E-state index contributed by atoms with van der Waals surface area (Å²) in [5, 5.41) is 3.99. The first-order valence-corrected chi connectivity index (χ1v) is 10.8. The lowest BCUT2D eigenvalue weighted by atomic mass is 9.96. The second-order valence-electron chi connectivity index (χ2n) is 8.16. The second-order valence-corrected chi connectivity index (χ2v) is 8.16. The van der Waals surface area contributed by atoms with Crippen LogP contribution in [-0.4, -0.2) is 26.8 Å². The van der Waals surface area contributed by atoms with E-state index >= 15 is 0 Å². The molecule has 6 rings (SSSR count). The third-order valence-electron chi connectivity index (χ3n) is 6.25. The van der Waals surface area contributed by atoms with Gasteiger partial charge in [0.25, 0.3) is 5.91 Å². The van der Waals surface area contributed by atoms with Gasteiger partial charge in [-0.1, -0.05) is 42.5 Å². The molecule has 5 aromatic rings. The number of aromatic nitrogens is 3. The summed E-state index contributed by atoms with van der Waals surface area (Å²) < 4.78 is 0. The van der Waals surface area contributed by atoms with E-state index < -0.39 is 5.91 Å². The Kier molecular flexibility index (Phi) is 4.48. The number of aromatic amines is 1. The van der Waals surface area contributed by atoms with Crippen LogP contribution >= 0.6 is 0 Å². The summed E-state index contributed by atoms with van der Waals surface area (Å²) in [6.07, 6.45) is 4.98. The van der Waals surface area contributed by atoms with E-state index in [1.807, 2.05) is 48.5 Å². The summed E-state index contributed by atoms with van der Waals surface area (Å²) in [7, 11) is 0. The monoisotopic (exact) mass is 445 g/mol. The lowest BCUT2D eigenvalue weighted by Gasteiger charge is -2.17. The van der Waals surface area contributed by atoms with Crippen LogP contribution in [0, 0.1) is 0 Å². The molecule has 1 atom stereocenters. The Bertz CT molecular complexity index is 1600. The van der Waals surface area contributed by atoms with Gasteiger partial charge in [0.1, 0.15) is 5.65 Å². The molecule has 0 aliphatic heterocycles. The van der Waals surface area contributed by atoms with Crippen LogP contribution in [0.2, 0.25) is 0 Å². The van der Waals surface area contributed by atoms with E-state index in [-0.39, 0.29) is 11.9 Å². The first-order chi connectivity index (χ1) is 16.6. The summed E-state index contributed by atoms with van der Waals surface area (Å²) in [6, 6.07) is 20.5. The largest absolute Gasteiger partial charge is 0.366 e. The third-order valence-corrected chi connectivity index (χ3v) is 6.25. The molecule has 0 bridgehead atoms. The van der Waals surface area contributed by atoms with Crippen LogP contribution < -0.4 is 11.1 Å². The van der Waals surface area contributed by atoms with Crippen LogP contribution in [0.25, 0.3) is 33.4 Å². The van der Waals surface area contributed by atoms with Gasteiger partial charge in [-0.25, -0.2) is 4.98 Å². The molecule has 0 fully saturated rings. The molecule has 0 saturated heterocycles. The van der Waals surface area contributed by atoms with E-state index in [4.69, 9.17) is 5.73 Å². The molecule has 2 amide bonds. The quantitative estimate of drug-likeness (QED) is 0.384. The Morgan fingerprint density at radius 1 is 0.882 bits per heavy atom.